The van der Waals surface area contributed by atoms with E-state index in [4.69, 9.17) is 4.79 Å². The van der Waals surface area contributed by atoms with Gasteiger partial charge < -0.3 is 5.73 Å². The van der Waals surface area contributed by atoms with Crippen LogP contribution >= 0.6 is 37.2 Å². The molecule has 0 atom stereocenters. The van der Waals surface area contributed by atoms with E-state index in [0.29, 0.717) is 5.75 Å². The molecule has 0 heterocycles. The largest absolute Gasteiger partial charge is 0.361 e. The summed E-state index contributed by atoms with van der Waals surface area (Å²) in [7, 11) is 0. The van der Waals surface area contributed by atoms with Gasteiger partial charge in [-0.15, -0.1) is 6.58 Å². The molecule has 0 saturated carbocycles. The third-order valence-corrected chi connectivity index (χ3v) is 1.36. The summed E-state index contributed by atoms with van der Waals surface area (Å²) >= 11 is 7.84. The number of carbonyl (C=O) groups excluding carboxylic acids is 2. The quantitative estimate of drug-likeness (QED) is 0.255. The maximum Gasteiger partial charge on any atom is 0.285 e. The van der Waals surface area contributed by atoms with Crippen molar-refractivity contribution in [2.24, 2.45) is 5.73 Å². The van der Waals surface area contributed by atoms with E-state index in [2.05, 4.69) is 42.3 Å². The van der Waals surface area contributed by atoms with Gasteiger partial charge in [-0.1, -0.05) is 31.3 Å². The molecule has 70 valence electrons. The highest BCUT2D eigenvalue weighted by atomic mass is 32.2. The lowest BCUT2D eigenvalue weighted by Crippen LogP contribution is -2.05. The van der Waals surface area contributed by atoms with Crippen LogP contribution < -0.4 is 10.5 Å². The van der Waals surface area contributed by atoms with Gasteiger partial charge in [-0.05, 0) is 11.9 Å². The number of rotatable bonds is 3. The minimum Gasteiger partial charge on any atom is -0.361 e. The lowest BCUT2D eigenvalue weighted by atomic mass is 10.8. The molecule has 0 saturated heterocycles. The summed E-state index contributed by atoms with van der Waals surface area (Å²) in [5, 5.41) is -0.961. The van der Waals surface area contributed by atoms with Gasteiger partial charge in [-0.3, -0.25) is 14.3 Å². The maximum atomic E-state index is 10.0. The van der Waals surface area contributed by atoms with Crippen molar-refractivity contribution in [2.75, 3.05) is 5.75 Å². The maximum absolute atomic E-state index is 10.0. The van der Waals surface area contributed by atoms with Crippen molar-refractivity contribution in [3.8, 4) is 0 Å². The smallest absolute Gasteiger partial charge is 0.285 e. The number of nitrogens with one attached hydrogen (secondary N) is 1. The average Bonchev–Trinajstić information content (AvgIpc) is 1.86. The SMILES string of the molecule is C=CCSNC(=O)S.NC(=O)S. The summed E-state index contributed by atoms with van der Waals surface area (Å²) in [5.41, 5.74) is 4.34. The molecule has 0 spiro atoms. The number of thiol groups is 2. The second kappa shape index (κ2) is 10.7. The lowest BCUT2D eigenvalue weighted by Gasteiger charge is -1.92. The number of amides is 2. The Hall–Kier alpha value is -0.270. The summed E-state index contributed by atoms with van der Waals surface area (Å²) in [6.45, 7) is 3.46. The Bertz CT molecular complexity index is 159. The summed E-state index contributed by atoms with van der Waals surface area (Å²) in [4.78, 5) is 19.1. The predicted molar refractivity (Wildman–Crippen MR) is 58.7 cm³/mol. The van der Waals surface area contributed by atoms with E-state index in [1.165, 1.54) is 11.9 Å². The Morgan fingerprint density at radius 1 is 1.58 bits per heavy atom. The predicted octanol–water partition coefficient (Wildman–Crippen LogP) is 1.45. The Labute approximate surface area is 86.3 Å². The van der Waals surface area contributed by atoms with E-state index >= 15 is 0 Å². The summed E-state index contributed by atoms with van der Waals surface area (Å²) in [6.07, 6.45) is 1.70. The molecule has 12 heavy (non-hydrogen) atoms. The molecule has 0 aromatic carbocycles. The van der Waals surface area contributed by atoms with Gasteiger partial charge in [0.15, 0.2) is 0 Å². The topological polar surface area (TPSA) is 72.2 Å². The van der Waals surface area contributed by atoms with Crippen LogP contribution in [0.2, 0.25) is 0 Å². The van der Waals surface area contributed by atoms with Crippen molar-refractivity contribution in [2.45, 2.75) is 0 Å². The van der Waals surface area contributed by atoms with Gasteiger partial charge in [0.1, 0.15) is 0 Å². The van der Waals surface area contributed by atoms with Crippen LogP contribution in [0.4, 0.5) is 9.59 Å². The van der Waals surface area contributed by atoms with Gasteiger partial charge in [0.25, 0.3) is 10.5 Å². The molecular weight excluding hydrogens is 216 g/mol. The van der Waals surface area contributed by atoms with Crippen molar-refractivity contribution in [3.05, 3.63) is 12.7 Å². The molecule has 7 heteroatoms. The molecular formula is C5H10N2O2S3. The van der Waals surface area contributed by atoms with Crippen LogP contribution in [0.1, 0.15) is 0 Å². The second-order valence-electron chi connectivity index (χ2n) is 1.35. The third-order valence-electron chi connectivity index (χ3n) is 0.361. The zero-order valence-corrected chi connectivity index (χ0v) is 8.79. The minimum atomic E-state index is -0.639. The number of primary amides is 1. The highest BCUT2D eigenvalue weighted by molar-refractivity contribution is 8.03. The molecule has 0 unspecified atom stereocenters. The highest BCUT2D eigenvalue weighted by Gasteiger charge is 1.86. The Kier molecular flexibility index (Phi) is 12.8. The van der Waals surface area contributed by atoms with Crippen LogP contribution in [0.15, 0.2) is 12.7 Å². The first-order valence-corrected chi connectivity index (χ1v) is 4.58. The van der Waals surface area contributed by atoms with E-state index in [1.54, 1.807) is 6.08 Å². The van der Waals surface area contributed by atoms with E-state index in [1.807, 2.05) is 0 Å². The van der Waals surface area contributed by atoms with Crippen molar-refractivity contribution in [3.63, 3.8) is 0 Å². The first-order valence-electron chi connectivity index (χ1n) is 2.70. The molecule has 3 N–H and O–H groups in total. The molecule has 0 aromatic heterocycles. The number of nitrogens with two attached hydrogens (primary N) is 1. The second-order valence-corrected chi connectivity index (χ2v) is 3.02. The van der Waals surface area contributed by atoms with Crippen molar-refractivity contribution >= 4 is 47.7 Å². The summed E-state index contributed by atoms with van der Waals surface area (Å²) in [6, 6.07) is 0. The zero-order chi connectivity index (χ0) is 9.98. The van der Waals surface area contributed by atoms with Crippen LogP contribution in [-0.4, -0.2) is 16.2 Å². The number of hydrogen-bond acceptors (Lipinski definition) is 3. The lowest BCUT2D eigenvalue weighted by molar-refractivity contribution is 0.265. The molecule has 0 aliphatic carbocycles. The van der Waals surface area contributed by atoms with Crippen LogP contribution in [0, 0.1) is 0 Å². The van der Waals surface area contributed by atoms with Crippen molar-refractivity contribution < 1.29 is 9.59 Å². The zero-order valence-electron chi connectivity index (χ0n) is 6.19. The normalized spacial score (nSPS) is 7.50. The fraction of sp³-hybridized carbons (Fsp3) is 0.200. The Balaban J connectivity index is 0. The molecule has 0 aromatic rings. The van der Waals surface area contributed by atoms with Crippen molar-refractivity contribution in [1.82, 2.24) is 4.72 Å². The van der Waals surface area contributed by atoms with E-state index in [0.717, 1.165) is 0 Å². The van der Waals surface area contributed by atoms with Gasteiger partial charge >= 0.3 is 0 Å². The Morgan fingerprint density at radius 3 is 2.25 bits per heavy atom. The molecule has 0 aliphatic rings. The van der Waals surface area contributed by atoms with Crippen LogP contribution in [0.3, 0.4) is 0 Å². The van der Waals surface area contributed by atoms with Gasteiger partial charge in [0.05, 0.1) is 0 Å². The highest BCUT2D eigenvalue weighted by Crippen LogP contribution is 1.93. The molecule has 0 bridgehead atoms. The van der Waals surface area contributed by atoms with Crippen LogP contribution in [-0.2, 0) is 0 Å². The van der Waals surface area contributed by atoms with Gasteiger partial charge in [-0.2, -0.15) is 0 Å². The van der Waals surface area contributed by atoms with Gasteiger partial charge in [-0.25, -0.2) is 0 Å². The third kappa shape index (κ3) is 33.1. The van der Waals surface area contributed by atoms with Crippen molar-refractivity contribution in [1.29, 1.82) is 0 Å². The summed E-state index contributed by atoms with van der Waals surface area (Å²) in [5.74, 6) is 0.715. The molecule has 4 nitrogen and oxygen atoms in total. The first kappa shape index (κ1) is 14.3. The fourth-order valence-electron chi connectivity index (χ4n) is 0.162. The van der Waals surface area contributed by atoms with E-state index in [-0.39, 0.29) is 5.24 Å². The van der Waals surface area contributed by atoms with E-state index in [9.17, 15) is 4.79 Å². The standard InChI is InChI=1S/C4H7NOS2.CH3NOS/c1-2-3-8-5-4(6)7;2-1(3)4/h2H,1,3H2,(H2,5,6,7);(H3,2,3,4). The molecule has 2 amide bonds. The van der Waals surface area contributed by atoms with Gasteiger partial charge in [0.2, 0.25) is 0 Å². The molecule has 0 radical (unpaired) electrons. The minimum absolute atomic E-state index is 0.322. The average molecular weight is 226 g/mol. The molecule has 0 rings (SSSR count). The van der Waals surface area contributed by atoms with E-state index < -0.39 is 5.24 Å². The first-order chi connectivity index (χ1) is 5.50. The number of carbonyl (C=O) groups is 2. The monoisotopic (exact) mass is 226 g/mol. The number of hydrogen-bond donors (Lipinski definition) is 4. The summed E-state index contributed by atoms with van der Waals surface area (Å²) < 4.78 is 2.42. The molecule has 0 fully saturated rings. The van der Waals surface area contributed by atoms with Gasteiger partial charge in [0, 0.05) is 5.75 Å². The van der Waals surface area contributed by atoms with Crippen LogP contribution in [0.5, 0.6) is 0 Å². The van der Waals surface area contributed by atoms with Crippen LogP contribution in [0.25, 0.3) is 0 Å². The fourth-order valence-corrected chi connectivity index (χ4v) is 0.681. The molecule has 0 aliphatic heterocycles. The Morgan fingerprint density at radius 2 is 2.00 bits per heavy atom.